The van der Waals surface area contributed by atoms with Gasteiger partial charge in [0.2, 0.25) is 0 Å². The van der Waals surface area contributed by atoms with Crippen LogP contribution in [0.4, 0.5) is 10.1 Å². The maximum atomic E-state index is 12.9. The Bertz CT molecular complexity index is 738. The van der Waals surface area contributed by atoms with Gasteiger partial charge in [0, 0.05) is 17.7 Å². The van der Waals surface area contributed by atoms with E-state index >= 15 is 0 Å². The van der Waals surface area contributed by atoms with E-state index in [0.717, 1.165) is 4.31 Å². The number of pyridine rings is 1. The largest absolute Gasteiger partial charge is 0.269 e. The van der Waals surface area contributed by atoms with Crippen molar-refractivity contribution in [2.75, 3.05) is 11.4 Å². The van der Waals surface area contributed by atoms with Gasteiger partial charge in [-0.3, -0.25) is 4.31 Å². The summed E-state index contributed by atoms with van der Waals surface area (Å²) < 4.78 is 39.3. The highest BCUT2D eigenvalue weighted by molar-refractivity contribution is 9.10. The topological polar surface area (TPSA) is 50.3 Å². The van der Waals surface area contributed by atoms with Crippen molar-refractivity contribution in [3.05, 3.63) is 52.0 Å². The molecule has 2 aromatic rings. The lowest BCUT2D eigenvalue weighted by Gasteiger charge is -2.20. The Hall–Kier alpha value is -1.18. The van der Waals surface area contributed by atoms with E-state index in [9.17, 15) is 12.8 Å². The van der Waals surface area contributed by atoms with Gasteiger partial charge in [-0.25, -0.2) is 17.8 Å². The summed E-state index contributed by atoms with van der Waals surface area (Å²) in [7, 11) is -2.51. The van der Waals surface area contributed by atoms with Gasteiger partial charge in [-0.2, -0.15) is 0 Å². The smallest absolute Gasteiger partial charge is 0.267 e. The highest BCUT2D eigenvalue weighted by Crippen LogP contribution is 2.28. The third-order valence-electron chi connectivity index (χ3n) is 2.60. The van der Waals surface area contributed by atoms with Gasteiger partial charge in [0.25, 0.3) is 10.0 Å². The summed E-state index contributed by atoms with van der Waals surface area (Å²) in [6, 6.07) is 6.47. The predicted molar refractivity (Wildman–Crippen MR) is 78.9 cm³/mol. The molecule has 0 saturated carbocycles. The van der Waals surface area contributed by atoms with Crippen molar-refractivity contribution in [2.45, 2.75) is 4.90 Å². The minimum Gasteiger partial charge on any atom is -0.269 e. The van der Waals surface area contributed by atoms with Crippen LogP contribution in [0, 0.1) is 5.82 Å². The van der Waals surface area contributed by atoms with E-state index in [0.29, 0.717) is 10.2 Å². The number of halogens is 3. The first kappa shape index (κ1) is 15.2. The Morgan fingerprint density at radius 3 is 2.50 bits per heavy atom. The van der Waals surface area contributed by atoms with Crippen LogP contribution in [-0.2, 0) is 10.0 Å². The molecule has 0 N–H and O–H groups in total. The number of rotatable bonds is 3. The van der Waals surface area contributed by atoms with Crippen LogP contribution in [0.5, 0.6) is 0 Å². The second kappa shape index (κ2) is 5.67. The molecule has 0 atom stereocenters. The monoisotopic (exact) mass is 378 g/mol. The van der Waals surface area contributed by atoms with Crippen LogP contribution in [0.2, 0.25) is 5.15 Å². The van der Waals surface area contributed by atoms with Crippen LogP contribution >= 0.6 is 27.5 Å². The molecule has 0 amide bonds. The molecular weight excluding hydrogens is 371 g/mol. The van der Waals surface area contributed by atoms with Crippen molar-refractivity contribution >= 4 is 43.2 Å². The van der Waals surface area contributed by atoms with Crippen molar-refractivity contribution < 1.29 is 12.8 Å². The van der Waals surface area contributed by atoms with Crippen LogP contribution in [-0.4, -0.2) is 20.4 Å². The standard InChI is InChI=1S/C12H9BrClFN2O2S/c1-17(10-4-2-9(15)3-5-10)20(18,19)11-6-8(13)7-16-12(11)14/h2-7H,1H3. The molecule has 20 heavy (non-hydrogen) atoms. The second-order valence-electron chi connectivity index (χ2n) is 3.89. The molecule has 4 nitrogen and oxygen atoms in total. The Balaban J connectivity index is 2.49. The van der Waals surface area contributed by atoms with Gasteiger partial charge in [-0.1, -0.05) is 11.6 Å². The van der Waals surface area contributed by atoms with Gasteiger partial charge < -0.3 is 0 Å². The van der Waals surface area contributed by atoms with Gasteiger partial charge >= 0.3 is 0 Å². The van der Waals surface area contributed by atoms with Crippen LogP contribution in [0.15, 0.2) is 45.9 Å². The van der Waals surface area contributed by atoms with Crippen LogP contribution < -0.4 is 4.31 Å². The first-order valence-electron chi connectivity index (χ1n) is 5.38. The van der Waals surface area contributed by atoms with E-state index in [2.05, 4.69) is 20.9 Å². The van der Waals surface area contributed by atoms with Gasteiger partial charge in [0.05, 0.1) is 5.69 Å². The lowest BCUT2D eigenvalue weighted by atomic mass is 10.3. The molecule has 0 unspecified atom stereocenters. The maximum Gasteiger partial charge on any atom is 0.267 e. The molecule has 0 aliphatic carbocycles. The molecule has 0 aliphatic rings. The molecule has 0 aliphatic heterocycles. The summed E-state index contributed by atoms with van der Waals surface area (Å²) in [6.07, 6.45) is 1.40. The van der Waals surface area contributed by atoms with E-state index in [1.165, 1.54) is 43.6 Å². The number of hydrogen-bond acceptors (Lipinski definition) is 3. The molecule has 0 bridgehead atoms. The number of nitrogens with zero attached hydrogens (tertiary/aromatic N) is 2. The molecule has 0 spiro atoms. The third kappa shape index (κ3) is 2.94. The lowest BCUT2D eigenvalue weighted by Crippen LogP contribution is -2.27. The number of anilines is 1. The summed E-state index contributed by atoms with van der Waals surface area (Å²) in [5, 5.41) is -0.123. The fourth-order valence-corrected chi connectivity index (χ4v) is 3.64. The quantitative estimate of drug-likeness (QED) is 0.767. The number of hydrogen-bond donors (Lipinski definition) is 0. The highest BCUT2D eigenvalue weighted by atomic mass is 79.9. The molecule has 0 fully saturated rings. The molecule has 1 aromatic carbocycles. The number of sulfonamides is 1. The average Bonchev–Trinajstić information content (AvgIpc) is 2.41. The van der Waals surface area contributed by atoms with Crippen LogP contribution in [0.25, 0.3) is 0 Å². The lowest BCUT2D eigenvalue weighted by molar-refractivity contribution is 0.593. The Kier molecular flexibility index (Phi) is 4.31. The van der Waals surface area contributed by atoms with E-state index in [4.69, 9.17) is 11.6 Å². The fourth-order valence-electron chi connectivity index (χ4n) is 1.52. The Morgan fingerprint density at radius 2 is 1.90 bits per heavy atom. The van der Waals surface area contributed by atoms with Crippen molar-refractivity contribution in [3.63, 3.8) is 0 Å². The van der Waals surface area contributed by atoms with E-state index in [1.807, 2.05) is 0 Å². The molecule has 0 radical (unpaired) electrons. The second-order valence-corrected chi connectivity index (χ2v) is 7.10. The first-order valence-corrected chi connectivity index (χ1v) is 7.99. The average molecular weight is 380 g/mol. The van der Waals surface area contributed by atoms with Gasteiger partial charge in [0.1, 0.15) is 15.9 Å². The zero-order valence-electron chi connectivity index (χ0n) is 10.2. The van der Waals surface area contributed by atoms with Crippen molar-refractivity contribution in [2.24, 2.45) is 0 Å². The normalized spacial score (nSPS) is 11.4. The molecule has 8 heteroatoms. The minimum absolute atomic E-state index is 0.123. The summed E-state index contributed by atoms with van der Waals surface area (Å²) >= 11 is 8.99. The molecule has 106 valence electrons. The van der Waals surface area contributed by atoms with E-state index in [-0.39, 0.29) is 10.0 Å². The summed E-state index contributed by atoms with van der Waals surface area (Å²) in [5.74, 6) is -0.443. The van der Waals surface area contributed by atoms with Crippen molar-refractivity contribution in [1.82, 2.24) is 4.98 Å². The van der Waals surface area contributed by atoms with Gasteiger partial charge in [0.15, 0.2) is 0 Å². The van der Waals surface area contributed by atoms with Crippen molar-refractivity contribution in [1.29, 1.82) is 0 Å². The third-order valence-corrected chi connectivity index (χ3v) is 5.25. The van der Waals surface area contributed by atoms with Crippen molar-refractivity contribution in [3.8, 4) is 0 Å². The van der Waals surface area contributed by atoms with Gasteiger partial charge in [-0.05, 0) is 46.3 Å². The maximum absolute atomic E-state index is 12.9. The molecular formula is C12H9BrClFN2O2S. The molecule has 1 heterocycles. The Morgan fingerprint density at radius 1 is 1.30 bits per heavy atom. The summed E-state index contributed by atoms with van der Waals surface area (Å²) in [6.45, 7) is 0. The molecule has 1 aromatic heterocycles. The zero-order valence-corrected chi connectivity index (χ0v) is 13.4. The first-order chi connectivity index (χ1) is 9.32. The van der Waals surface area contributed by atoms with Gasteiger partial charge in [-0.15, -0.1) is 0 Å². The SMILES string of the molecule is CN(c1ccc(F)cc1)S(=O)(=O)c1cc(Br)cnc1Cl. The van der Waals surface area contributed by atoms with E-state index in [1.54, 1.807) is 0 Å². The highest BCUT2D eigenvalue weighted by Gasteiger charge is 2.25. The minimum atomic E-state index is -3.87. The number of benzene rings is 1. The van der Waals surface area contributed by atoms with Crippen LogP contribution in [0.1, 0.15) is 0 Å². The molecule has 2 rings (SSSR count). The predicted octanol–water partition coefficient (Wildman–Crippen LogP) is 3.46. The number of aromatic nitrogens is 1. The fraction of sp³-hybridized carbons (Fsp3) is 0.0833. The Labute approximate surface area is 129 Å². The van der Waals surface area contributed by atoms with E-state index < -0.39 is 15.8 Å². The van der Waals surface area contributed by atoms with Crippen LogP contribution in [0.3, 0.4) is 0 Å². The molecule has 0 saturated heterocycles. The zero-order chi connectivity index (χ0) is 14.9. The summed E-state index contributed by atoms with van der Waals surface area (Å²) in [4.78, 5) is 3.66. The summed E-state index contributed by atoms with van der Waals surface area (Å²) in [5.41, 5.74) is 0.322.